The molecule has 1 amide bonds. The lowest BCUT2D eigenvalue weighted by atomic mass is 9.84. The van der Waals surface area contributed by atoms with Gasteiger partial charge in [-0.05, 0) is 117 Å². The summed E-state index contributed by atoms with van der Waals surface area (Å²) < 4.78 is 0. The summed E-state index contributed by atoms with van der Waals surface area (Å²) in [5, 5.41) is 6.34. The van der Waals surface area contributed by atoms with Gasteiger partial charge in [0.05, 0.1) is 0 Å². The molecule has 35 heavy (non-hydrogen) atoms. The number of amides is 1. The van der Waals surface area contributed by atoms with Gasteiger partial charge in [0.25, 0.3) is 5.91 Å². The molecule has 0 atom stereocenters. The minimum atomic E-state index is -0.107. The molecule has 0 saturated heterocycles. The Morgan fingerprint density at radius 2 is 1.26 bits per heavy atom. The summed E-state index contributed by atoms with van der Waals surface area (Å²) in [6.07, 6.45) is 1.96. The molecule has 0 aliphatic heterocycles. The van der Waals surface area contributed by atoms with Crippen molar-refractivity contribution >= 4 is 17.4 Å². The summed E-state index contributed by atoms with van der Waals surface area (Å²) in [6, 6.07) is 21.9. The van der Waals surface area contributed by atoms with Crippen molar-refractivity contribution in [2.45, 2.75) is 47.6 Å². The van der Waals surface area contributed by atoms with Crippen LogP contribution in [0.25, 0.3) is 22.3 Å². The van der Waals surface area contributed by atoms with Crippen molar-refractivity contribution in [1.29, 1.82) is 0 Å². The number of hydrogen-bond donors (Lipinski definition) is 2. The molecule has 4 nitrogen and oxygen atoms in total. The fourth-order valence-electron chi connectivity index (χ4n) is 4.61. The highest BCUT2D eigenvalue weighted by molar-refractivity contribution is 6.04. The van der Waals surface area contributed by atoms with Crippen molar-refractivity contribution in [3.8, 4) is 22.3 Å². The second kappa shape index (κ2) is 10.1. The maximum Gasteiger partial charge on any atom is 0.255 e. The molecule has 3 aromatic carbocycles. The molecule has 0 aliphatic rings. The number of aromatic nitrogens is 1. The highest BCUT2D eigenvalue weighted by Gasteiger charge is 2.18. The summed E-state index contributed by atoms with van der Waals surface area (Å²) in [4.78, 5) is 17.1. The SMILES string of the molecule is Cc1c(C)c(-c2ccc(NC(C)C)nc2)c(C)c(C)c1-c1ccc(NC(=O)c2ccccc2)cc1. The van der Waals surface area contributed by atoms with Crippen LogP contribution in [-0.4, -0.2) is 16.9 Å². The maximum atomic E-state index is 12.5. The van der Waals surface area contributed by atoms with Crippen LogP contribution < -0.4 is 10.6 Å². The van der Waals surface area contributed by atoms with E-state index < -0.39 is 0 Å². The third-order valence-corrected chi connectivity index (χ3v) is 6.58. The lowest BCUT2D eigenvalue weighted by molar-refractivity contribution is 0.102. The first-order valence-electron chi connectivity index (χ1n) is 12.1. The molecule has 4 rings (SSSR count). The number of rotatable bonds is 6. The first-order valence-corrected chi connectivity index (χ1v) is 12.1. The summed E-state index contributed by atoms with van der Waals surface area (Å²) in [7, 11) is 0. The number of carbonyl (C=O) groups excluding carboxylic acids is 1. The van der Waals surface area contributed by atoms with Crippen LogP contribution in [0.2, 0.25) is 0 Å². The molecule has 0 saturated carbocycles. The van der Waals surface area contributed by atoms with Gasteiger partial charge in [0.2, 0.25) is 0 Å². The first kappa shape index (κ1) is 24.2. The van der Waals surface area contributed by atoms with E-state index in [1.807, 2.05) is 48.7 Å². The Morgan fingerprint density at radius 3 is 1.77 bits per heavy atom. The molecular weight excluding hydrogens is 430 g/mol. The van der Waals surface area contributed by atoms with Gasteiger partial charge < -0.3 is 10.6 Å². The zero-order valence-electron chi connectivity index (χ0n) is 21.4. The summed E-state index contributed by atoms with van der Waals surface area (Å²) >= 11 is 0. The van der Waals surface area contributed by atoms with E-state index in [0.717, 1.165) is 22.6 Å². The topological polar surface area (TPSA) is 54.0 Å². The number of benzene rings is 3. The minimum Gasteiger partial charge on any atom is -0.368 e. The van der Waals surface area contributed by atoms with Crippen molar-refractivity contribution in [2.75, 3.05) is 10.6 Å². The summed E-state index contributed by atoms with van der Waals surface area (Å²) in [6.45, 7) is 13.0. The number of carbonyl (C=O) groups is 1. The number of pyridine rings is 1. The molecule has 0 aliphatic carbocycles. The molecule has 4 heteroatoms. The molecule has 4 aromatic rings. The number of nitrogens with one attached hydrogen (secondary N) is 2. The zero-order valence-corrected chi connectivity index (χ0v) is 21.4. The molecule has 0 fully saturated rings. The van der Waals surface area contributed by atoms with Crippen molar-refractivity contribution in [3.05, 3.63) is 101 Å². The predicted octanol–water partition coefficient (Wildman–Crippen LogP) is 7.72. The standard InChI is InChI=1S/C31H33N3O/c1-19(2)33-28-17-14-26(18-32-28)30-22(5)20(3)29(21(4)23(30)6)24-12-15-27(16-13-24)34-31(35)25-10-8-7-9-11-25/h7-19H,1-6H3,(H,32,33)(H,34,35). The van der Waals surface area contributed by atoms with Gasteiger partial charge in [-0.2, -0.15) is 0 Å². The average Bonchev–Trinajstić information content (AvgIpc) is 2.85. The van der Waals surface area contributed by atoms with Gasteiger partial charge in [-0.15, -0.1) is 0 Å². The molecule has 0 spiro atoms. The number of nitrogens with zero attached hydrogens (tertiary/aromatic N) is 1. The van der Waals surface area contributed by atoms with Gasteiger partial charge in [-0.25, -0.2) is 4.98 Å². The van der Waals surface area contributed by atoms with Crippen molar-refractivity contribution in [3.63, 3.8) is 0 Å². The molecule has 1 aromatic heterocycles. The van der Waals surface area contributed by atoms with Crippen molar-refractivity contribution in [1.82, 2.24) is 4.98 Å². The van der Waals surface area contributed by atoms with Crippen LogP contribution in [0.1, 0.15) is 46.5 Å². The van der Waals surface area contributed by atoms with Crippen molar-refractivity contribution in [2.24, 2.45) is 0 Å². The van der Waals surface area contributed by atoms with E-state index in [1.165, 1.54) is 33.4 Å². The second-order valence-corrected chi connectivity index (χ2v) is 9.38. The maximum absolute atomic E-state index is 12.5. The van der Waals surface area contributed by atoms with E-state index >= 15 is 0 Å². The quantitative estimate of drug-likeness (QED) is 0.308. The molecule has 1 heterocycles. The van der Waals surface area contributed by atoms with Crippen LogP contribution >= 0.6 is 0 Å². The fraction of sp³-hybridized carbons (Fsp3) is 0.226. The van der Waals surface area contributed by atoms with Gasteiger partial charge in [0, 0.05) is 29.1 Å². The van der Waals surface area contributed by atoms with Crippen molar-refractivity contribution < 1.29 is 4.79 Å². The monoisotopic (exact) mass is 463 g/mol. The second-order valence-electron chi connectivity index (χ2n) is 9.38. The lowest BCUT2D eigenvalue weighted by Crippen LogP contribution is -2.11. The van der Waals surface area contributed by atoms with E-state index in [2.05, 4.69) is 81.4 Å². The molecule has 0 radical (unpaired) electrons. The Hall–Kier alpha value is -3.92. The van der Waals surface area contributed by atoms with Gasteiger partial charge >= 0.3 is 0 Å². The largest absolute Gasteiger partial charge is 0.368 e. The Bertz CT molecular complexity index is 1310. The minimum absolute atomic E-state index is 0.107. The number of hydrogen-bond acceptors (Lipinski definition) is 3. The van der Waals surface area contributed by atoms with Crippen LogP contribution in [0.4, 0.5) is 11.5 Å². The lowest BCUT2D eigenvalue weighted by Gasteiger charge is -2.21. The van der Waals surface area contributed by atoms with Gasteiger partial charge in [0.1, 0.15) is 5.82 Å². The zero-order chi connectivity index (χ0) is 25.1. The van der Waals surface area contributed by atoms with E-state index in [1.54, 1.807) is 0 Å². The van der Waals surface area contributed by atoms with Crippen LogP contribution in [0.15, 0.2) is 72.9 Å². The fourth-order valence-corrected chi connectivity index (χ4v) is 4.61. The Labute approximate surface area is 208 Å². The van der Waals surface area contributed by atoms with Gasteiger partial charge in [-0.1, -0.05) is 30.3 Å². The molecule has 0 bridgehead atoms. The Kier molecular flexibility index (Phi) is 7.02. The van der Waals surface area contributed by atoms with Crippen LogP contribution in [-0.2, 0) is 0 Å². The van der Waals surface area contributed by atoms with Gasteiger partial charge in [0.15, 0.2) is 0 Å². The van der Waals surface area contributed by atoms with Crippen LogP contribution in [0.5, 0.6) is 0 Å². The molecule has 2 N–H and O–H groups in total. The average molecular weight is 464 g/mol. The van der Waals surface area contributed by atoms with E-state index in [-0.39, 0.29) is 5.91 Å². The van der Waals surface area contributed by atoms with Crippen LogP contribution in [0, 0.1) is 27.7 Å². The highest BCUT2D eigenvalue weighted by Crippen LogP contribution is 2.39. The first-order chi connectivity index (χ1) is 16.8. The highest BCUT2D eigenvalue weighted by atomic mass is 16.1. The van der Waals surface area contributed by atoms with E-state index in [0.29, 0.717) is 11.6 Å². The predicted molar refractivity (Wildman–Crippen MR) is 147 cm³/mol. The smallest absolute Gasteiger partial charge is 0.255 e. The molecular formula is C31H33N3O. The number of anilines is 2. The normalized spacial score (nSPS) is 10.9. The van der Waals surface area contributed by atoms with E-state index in [4.69, 9.17) is 0 Å². The molecule has 0 unspecified atom stereocenters. The van der Waals surface area contributed by atoms with Crippen LogP contribution in [0.3, 0.4) is 0 Å². The summed E-state index contributed by atoms with van der Waals surface area (Å²) in [5.41, 5.74) is 11.2. The third kappa shape index (κ3) is 5.12. The van der Waals surface area contributed by atoms with Gasteiger partial charge in [-0.3, -0.25) is 4.79 Å². The molecule has 178 valence electrons. The summed E-state index contributed by atoms with van der Waals surface area (Å²) in [5.74, 6) is 0.786. The van der Waals surface area contributed by atoms with E-state index in [9.17, 15) is 4.79 Å². The Morgan fingerprint density at radius 1 is 0.714 bits per heavy atom. The Balaban J connectivity index is 1.64. The third-order valence-electron chi connectivity index (χ3n) is 6.58.